The van der Waals surface area contributed by atoms with Gasteiger partial charge in [0.05, 0.1) is 27.9 Å². The maximum absolute atomic E-state index is 4.66. The molecule has 0 radical (unpaired) electrons. The summed E-state index contributed by atoms with van der Waals surface area (Å²) in [4.78, 5) is 8.95. The van der Waals surface area contributed by atoms with Crippen LogP contribution in [-0.2, 0) is 0 Å². The molecule has 5 nitrogen and oxygen atoms in total. The Kier molecular flexibility index (Phi) is 2.57. The second kappa shape index (κ2) is 4.56. The molecule has 102 valence electrons. The number of benzene rings is 1. The molecule has 0 aliphatic carbocycles. The smallest absolute Gasteiger partial charge is 0.118 e. The van der Waals surface area contributed by atoms with Gasteiger partial charge in [0.15, 0.2) is 0 Å². The molecule has 5 heteroatoms. The zero-order valence-corrected chi connectivity index (χ0v) is 11.5. The van der Waals surface area contributed by atoms with Crippen LogP contribution in [0.25, 0.3) is 33.3 Å². The normalized spacial score (nSPS) is 11.1. The van der Waals surface area contributed by atoms with Crippen molar-refractivity contribution >= 4 is 27.6 Å². The molecule has 0 aliphatic rings. The molecule has 0 amide bonds. The Morgan fingerprint density at radius 1 is 1.00 bits per heavy atom. The van der Waals surface area contributed by atoms with E-state index in [0.29, 0.717) is 0 Å². The molecule has 0 spiro atoms. The lowest BCUT2D eigenvalue weighted by Gasteiger charge is -2.02. The summed E-state index contributed by atoms with van der Waals surface area (Å²) < 4.78 is 0. The number of fused-ring (bicyclic) bond motifs is 2. The summed E-state index contributed by atoms with van der Waals surface area (Å²) in [7, 11) is 1.90. The standard InChI is InChI=1S/C16H13N5/c1-17-13-5-2-4-10-15(13)20-21-16(10)14-8-7-11-12(19-14)6-3-9-18-11/h2-9,17H,1H3,(H,20,21). The highest BCUT2D eigenvalue weighted by Gasteiger charge is 2.12. The van der Waals surface area contributed by atoms with Crippen LogP contribution in [0.3, 0.4) is 0 Å². The minimum absolute atomic E-state index is 0.843. The highest BCUT2D eigenvalue weighted by atomic mass is 15.1. The molecule has 0 unspecified atom stereocenters. The van der Waals surface area contributed by atoms with Gasteiger partial charge < -0.3 is 5.32 Å². The fourth-order valence-corrected chi connectivity index (χ4v) is 2.53. The number of aromatic amines is 1. The van der Waals surface area contributed by atoms with Gasteiger partial charge in [0.2, 0.25) is 0 Å². The first-order valence-corrected chi connectivity index (χ1v) is 6.74. The van der Waals surface area contributed by atoms with Gasteiger partial charge in [-0.05, 0) is 30.3 Å². The molecule has 2 N–H and O–H groups in total. The topological polar surface area (TPSA) is 66.5 Å². The van der Waals surface area contributed by atoms with Crippen LogP contribution in [-0.4, -0.2) is 27.2 Å². The molecule has 0 saturated carbocycles. The first kappa shape index (κ1) is 11.8. The van der Waals surface area contributed by atoms with Crippen LogP contribution < -0.4 is 5.32 Å². The van der Waals surface area contributed by atoms with E-state index in [9.17, 15) is 0 Å². The zero-order valence-electron chi connectivity index (χ0n) is 11.5. The fourth-order valence-electron chi connectivity index (χ4n) is 2.53. The van der Waals surface area contributed by atoms with Crippen molar-refractivity contribution in [2.75, 3.05) is 12.4 Å². The predicted octanol–water partition coefficient (Wildman–Crippen LogP) is 3.21. The molecule has 3 aromatic heterocycles. The van der Waals surface area contributed by atoms with Gasteiger partial charge in [-0.1, -0.05) is 12.1 Å². The number of nitrogens with one attached hydrogen (secondary N) is 2. The van der Waals surface area contributed by atoms with Crippen molar-refractivity contribution in [1.29, 1.82) is 0 Å². The first-order chi connectivity index (χ1) is 10.4. The third-order valence-corrected chi connectivity index (χ3v) is 3.57. The molecule has 4 rings (SSSR count). The molecule has 0 atom stereocenters. The monoisotopic (exact) mass is 275 g/mol. The van der Waals surface area contributed by atoms with Gasteiger partial charge in [-0.25, -0.2) is 4.98 Å². The van der Waals surface area contributed by atoms with E-state index in [1.165, 1.54) is 0 Å². The van der Waals surface area contributed by atoms with Gasteiger partial charge in [-0.2, -0.15) is 5.10 Å². The van der Waals surface area contributed by atoms with Gasteiger partial charge >= 0.3 is 0 Å². The van der Waals surface area contributed by atoms with Gasteiger partial charge in [0, 0.05) is 18.6 Å². The quantitative estimate of drug-likeness (QED) is 0.589. The second-order valence-corrected chi connectivity index (χ2v) is 4.79. The third-order valence-electron chi connectivity index (χ3n) is 3.57. The molecular formula is C16H13N5. The Labute approximate surface area is 121 Å². The van der Waals surface area contributed by atoms with Crippen LogP contribution in [0.15, 0.2) is 48.7 Å². The second-order valence-electron chi connectivity index (χ2n) is 4.79. The molecule has 0 fully saturated rings. The van der Waals surface area contributed by atoms with Gasteiger partial charge in [0.25, 0.3) is 0 Å². The van der Waals surface area contributed by atoms with E-state index >= 15 is 0 Å². The Bertz CT molecular complexity index is 942. The Morgan fingerprint density at radius 3 is 2.86 bits per heavy atom. The third kappa shape index (κ3) is 1.82. The number of pyridine rings is 2. The van der Waals surface area contributed by atoms with Gasteiger partial charge in [-0.3, -0.25) is 10.1 Å². The molecular weight excluding hydrogens is 262 g/mol. The molecule has 1 aromatic carbocycles. The van der Waals surface area contributed by atoms with Crippen molar-refractivity contribution in [3.8, 4) is 11.4 Å². The van der Waals surface area contributed by atoms with E-state index in [0.717, 1.165) is 39.0 Å². The van der Waals surface area contributed by atoms with E-state index in [1.807, 2.05) is 49.5 Å². The van der Waals surface area contributed by atoms with E-state index in [2.05, 4.69) is 25.5 Å². The van der Waals surface area contributed by atoms with Crippen molar-refractivity contribution in [2.24, 2.45) is 0 Å². The number of anilines is 1. The lowest BCUT2D eigenvalue weighted by Crippen LogP contribution is -1.89. The van der Waals surface area contributed by atoms with Crippen molar-refractivity contribution in [1.82, 2.24) is 20.2 Å². The van der Waals surface area contributed by atoms with Crippen LogP contribution in [0.2, 0.25) is 0 Å². The number of hydrogen-bond donors (Lipinski definition) is 2. The summed E-state index contributed by atoms with van der Waals surface area (Å²) in [5, 5.41) is 11.7. The maximum atomic E-state index is 4.66. The summed E-state index contributed by atoms with van der Waals surface area (Å²) in [5.41, 5.74) is 5.47. The molecule has 3 heterocycles. The SMILES string of the molecule is CNc1cccc2c(-c3ccc4ncccc4n3)n[nH]c12. The number of aromatic nitrogens is 4. The Balaban J connectivity index is 1.96. The van der Waals surface area contributed by atoms with Crippen LogP contribution in [0, 0.1) is 0 Å². The van der Waals surface area contributed by atoms with Crippen molar-refractivity contribution in [3.63, 3.8) is 0 Å². The summed E-state index contributed by atoms with van der Waals surface area (Å²) in [6, 6.07) is 13.8. The Morgan fingerprint density at radius 2 is 1.95 bits per heavy atom. The van der Waals surface area contributed by atoms with Crippen molar-refractivity contribution in [2.45, 2.75) is 0 Å². The number of para-hydroxylation sites is 1. The summed E-state index contributed by atoms with van der Waals surface area (Å²) in [5.74, 6) is 0. The van der Waals surface area contributed by atoms with Crippen LogP contribution in [0.5, 0.6) is 0 Å². The largest absolute Gasteiger partial charge is 0.386 e. The number of H-pyrrole nitrogens is 1. The van der Waals surface area contributed by atoms with E-state index in [1.54, 1.807) is 6.20 Å². The van der Waals surface area contributed by atoms with E-state index in [-0.39, 0.29) is 0 Å². The minimum atomic E-state index is 0.843. The molecule has 21 heavy (non-hydrogen) atoms. The van der Waals surface area contributed by atoms with Crippen molar-refractivity contribution in [3.05, 3.63) is 48.7 Å². The zero-order chi connectivity index (χ0) is 14.2. The van der Waals surface area contributed by atoms with Crippen molar-refractivity contribution < 1.29 is 0 Å². The summed E-state index contributed by atoms with van der Waals surface area (Å²) in [6.45, 7) is 0. The highest BCUT2D eigenvalue weighted by Crippen LogP contribution is 2.29. The van der Waals surface area contributed by atoms with Gasteiger partial charge in [0.1, 0.15) is 5.69 Å². The lowest BCUT2D eigenvalue weighted by atomic mass is 10.1. The molecule has 0 aliphatic heterocycles. The van der Waals surface area contributed by atoms with Crippen LogP contribution >= 0.6 is 0 Å². The number of hydrogen-bond acceptors (Lipinski definition) is 4. The predicted molar refractivity (Wildman–Crippen MR) is 84.2 cm³/mol. The highest BCUT2D eigenvalue weighted by molar-refractivity contribution is 5.99. The van der Waals surface area contributed by atoms with Crippen LogP contribution in [0.1, 0.15) is 0 Å². The summed E-state index contributed by atoms with van der Waals surface area (Å²) >= 11 is 0. The summed E-state index contributed by atoms with van der Waals surface area (Å²) in [6.07, 6.45) is 1.77. The molecule has 0 saturated heterocycles. The minimum Gasteiger partial charge on any atom is -0.386 e. The maximum Gasteiger partial charge on any atom is 0.118 e. The molecule has 0 bridgehead atoms. The average molecular weight is 275 g/mol. The number of rotatable bonds is 2. The Hall–Kier alpha value is -2.95. The first-order valence-electron chi connectivity index (χ1n) is 6.74. The fraction of sp³-hybridized carbons (Fsp3) is 0.0625. The van der Waals surface area contributed by atoms with Crippen LogP contribution in [0.4, 0.5) is 5.69 Å². The van der Waals surface area contributed by atoms with E-state index in [4.69, 9.17) is 0 Å². The van der Waals surface area contributed by atoms with Gasteiger partial charge in [-0.15, -0.1) is 0 Å². The lowest BCUT2D eigenvalue weighted by molar-refractivity contribution is 1.11. The average Bonchev–Trinajstić information content (AvgIpc) is 2.98. The van der Waals surface area contributed by atoms with E-state index < -0.39 is 0 Å². The molecule has 4 aromatic rings. The number of nitrogens with zero attached hydrogens (tertiary/aromatic N) is 3.